The summed E-state index contributed by atoms with van der Waals surface area (Å²) in [5, 5.41) is 3.96. The number of pyridine rings is 1. The molecule has 0 saturated heterocycles. The molecule has 6 heteroatoms. The molecule has 0 fully saturated rings. The number of hydrogen-bond acceptors (Lipinski definition) is 5. The Morgan fingerprint density at radius 3 is 2.56 bits per heavy atom. The maximum absolute atomic E-state index is 12.7. The number of rotatable bonds is 4. The van der Waals surface area contributed by atoms with Crippen molar-refractivity contribution in [2.75, 3.05) is 5.32 Å². The summed E-state index contributed by atoms with van der Waals surface area (Å²) in [7, 11) is 0. The number of thiazole rings is 1. The minimum Gasteiger partial charge on any atom is -0.326 e. The molecule has 27 heavy (non-hydrogen) atoms. The van der Waals surface area contributed by atoms with Gasteiger partial charge in [-0.3, -0.25) is 14.6 Å². The number of nitrogens with one attached hydrogen (secondary N) is 1. The van der Waals surface area contributed by atoms with Gasteiger partial charge in [-0.25, -0.2) is 4.98 Å². The van der Waals surface area contributed by atoms with E-state index in [1.165, 1.54) is 11.8 Å². The van der Waals surface area contributed by atoms with Crippen molar-refractivity contribution in [3.05, 3.63) is 64.9 Å². The van der Waals surface area contributed by atoms with Gasteiger partial charge in [-0.2, -0.15) is 0 Å². The summed E-state index contributed by atoms with van der Waals surface area (Å²) < 4.78 is 0. The highest BCUT2D eigenvalue weighted by molar-refractivity contribution is 7.15. The molecule has 1 aliphatic rings. The Morgan fingerprint density at radius 1 is 1.11 bits per heavy atom. The smallest absolute Gasteiger partial charge is 0.227 e. The van der Waals surface area contributed by atoms with Crippen LogP contribution >= 0.6 is 11.3 Å². The van der Waals surface area contributed by atoms with E-state index in [2.05, 4.69) is 10.3 Å². The SMILES string of the molecule is CC(=O)c1ccc(NC(=O)C2CCc3nc(-c4ccncc4)sc3C2)cc1. The molecule has 0 saturated carbocycles. The Bertz CT molecular complexity index is 980. The second-order valence-corrected chi connectivity index (χ2v) is 7.77. The van der Waals surface area contributed by atoms with Gasteiger partial charge >= 0.3 is 0 Å². The van der Waals surface area contributed by atoms with Gasteiger partial charge in [0.05, 0.1) is 5.69 Å². The van der Waals surface area contributed by atoms with E-state index in [1.54, 1.807) is 48.0 Å². The summed E-state index contributed by atoms with van der Waals surface area (Å²) in [6.45, 7) is 1.53. The molecule has 4 rings (SSSR count). The van der Waals surface area contributed by atoms with Crippen molar-refractivity contribution in [1.29, 1.82) is 0 Å². The van der Waals surface area contributed by atoms with Gasteiger partial charge in [-0.1, -0.05) is 0 Å². The van der Waals surface area contributed by atoms with E-state index >= 15 is 0 Å². The summed E-state index contributed by atoms with van der Waals surface area (Å²) >= 11 is 1.66. The highest BCUT2D eigenvalue weighted by atomic mass is 32.1. The van der Waals surface area contributed by atoms with Crippen molar-refractivity contribution < 1.29 is 9.59 Å². The van der Waals surface area contributed by atoms with E-state index in [0.717, 1.165) is 41.2 Å². The highest BCUT2D eigenvalue weighted by Gasteiger charge is 2.27. The fourth-order valence-corrected chi connectivity index (χ4v) is 4.44. The predicted octanol–water partition coefficient (Wildman–Crippen LogP) is 4.15. The Labute approximate surface area is 161 Å². The van der Waals surface area contributed by atoms with Gasteiger partial charge in [0.25, 0.3) is 0 Å². The summed E-state index contributed by atoms with van der Waals surface area (Å²) in [6.07, 6.45) is 5.87. The number of carbonyl (C=O) groups is 2. The Kier molecular flexibility index (Phi) is 4.81. The van der Waals surface area contributed by atoms with Crippen LogP contribution in [-0.2, 0) is 17.6 Å². The third-order valence-electron chi connectivity index (χ3n) is 4.80. The van der Waals surface area contributed by atoms with Gasteiger partial charge in [-0.05, 0) is 62.6 Å². The number of Topliss-reactive ketones (excluding diaryl/α,β-unsaturated/α-hetero) is 1. The number of carbonyl (C=O) groups excluding carboxylic acids is 2. The second kappa shape index (κ2) is 7.40. The molecule has 1 unspecified atom stereocenters. The molecule has 1 aliphatic carbocycles. The molecule has 0 spiro atoms. The first-order valence-electron chi connectivity index (χ1n) is 8.91. The highest BCUT2D eigenvalue weighted by Crippen LogP contribution is 2.34. The van der Waals surface area contributed by atoms with E-state index < -0.39 is 0 Å². The average Bonchev–Trinajstić information content (AvgIpc) is 3.12. The standard InChI is InChI=1S/C21H19N3O2S/c1-13(25)14-2-5-17(6-3-14)23-20(26)16-4-7-18-19(12-16)27-21(24-18)15-8-10-22-11-9-15/h2-3,5-6,8-11,16H,4,7,12H2,1H3,(H,23,26). The molecular weight excluding hydrogens is 358 g/mol. The minimum absolute atomic E-state index is 0.0166. The van der Waals surface area contributed by atoms with E-state index in [4.69, 9.17) is 4.98 Å². The quantitative estimate of drug-likeness (QED) is 0.693. The van der Waals surface area contributed by atoms with Crippen molar-refractivity contribution in [2.45, 2.75) is 26.2 Å². The fraction of sp³-hybridized carbons (Fsp3) is 0.238. The molecule has 0 bridgehead atoms. The Balaban J connectivity index is 1.45. The molecule has 1 amide bonds. The van der Waals surface area contributed by atoms with Crippen LogP contribution in [0.15, 0.2) is 48.8 Å². The van der Waals surface area contributed by atoms with Crippen LogP contribution in [0, 0.1) is 5.92 Å². The minimum atomic E-state index is -0.0595. The van der Waals surface area contributed by atoms with Crippen LogP contribution < -0.4 is 5.32 Å². The van der Waals surface area contributed by atoms with Gasteiger partial charge in [0.2, 0.25) is 5.91 Å². The second-order valence-electron chi connectivity index (χ2n) is 6.69. The van der Waals surface area contributed by atoms with E-state index in [1.807, 2.05) is 12.1 Å². The monoisotopic (exact) mass is 377 g/mol. The molecule has 3 aromatic rings. The normalized spacial score (nSPS) is 15.8. The number of nitrogens with zero attached hydrogens (tertiary/aromatic N) is 2. The van der Waals surface area contributed by atoms with Gasteiger partial charge in [0.1, 0.15) is 5.01 Å². The number of aryl methyl sites for hydroxylation is 1. The van der Waals surface area contributed by atoms with Crippen LogP contribution in [0.1, 0.15) is 34.3 Å². The van der Waals surface area contributed by atoms with Gasteiger partial charge in [-0.15, -0.1) is 11.3 Å². The van der Waals surface area contributed by atoms with Crippen molar-refractivity contribution in [1.82, 2.24) is 9.97 Å². The van der Waals surface area contributed by atoms with Crippen LogP contribution in [0.3, 0.4) is 0 Å². The summed E-state index contributed by atoms with van der Waals surface area (Å²) in [4.78, 5) is 34.0. The molecule has 1 N–H and O–H groups in total. The first-order chi connectivity index (χ1) is 13.1. The number of amides is 1. The molecular formula is C21H19N3O2S. The first kappa shape index (κ1) is 17.5. The first-order valence-corrected chi connectivity index (χ1v) is 9.72. The third-order valence-corrected chi connectivity index (χ3v) is 5.97. The van der Waals surface area contributed by atoms with E-state index in [-0.39, 0.29) is 17.6 Å². The Morgan fingerprint density at radius 2 is 1.85 bits per heavy atom. The molecule has 0 aliphatic heterocycles. The maximum atomic E-state index is 12.7. The lowest BCUT2D eigenvalue weighted by Crippen LogP contribution is -2.27. The summed E-state index contributed by atoms with van der Waals surface area (Å²) in [5.41, 5.74) is 3.54. The van der Waals surface area contributed by atoms with E-state index in [9.17, 15) is 9.59 Å². The number of anilines is 1. The van der Waals surface area contributed by atoms with Gasteiger partial charge in [0, 0.05) is 40.0 Å². The predicted molar refractivity (Wildman–Crippen MR) is 106 cm³/mol. The molecule has 0 radical (unpaired) electrons. The van der Waals surface area contributed by atoms with Crippen LogP contribution in [0.5, 0.6) is 0 Å². The fourth-order valence-electron chi connectivity index (χ4n) is 3.25. The molecule has 1 atom stereocenters. The maximum Gasteiger partial charge on any atom is 0.227 e. The topological polar surface area (TPSA) is 72.0 Å². The molecule has 2 aromatic heterocycles. The summed E-state index contributed by atoms with van der Waals surface area (Å²) in [5.74, 6) is -0.0197. The average molecular weight is 377 g/mol. The Hall–Kier alpha value is -2.86. The molecule has 5 nitrogen and oxygen atoms in total. The number of hydrogen-bond donors (Lipinski definition) is 1. The molecule has 1 aromatic carbocycles. The van der Waals surface area contributed by atoms with Crippen LogP contribution in [0.4, 0.5) is 5.69 Å². The number of aromatic nitrogens is 2. The van der Waals surface area contributed by atoms with Crippen molar-refractivity contribution in [3.8, 4) is 10.6 Å². The van der Waals surface area contributed by atoms with Gasteiger partial charge < -0.3 is 5.32 Å². The lowest BCUT2D eigenvalue weighted by Gasteiger charge is -2.20. The zero-order chi connectivity index (χ0) is 18.8. The van der Waals surface area contributed by atoms with Crippen LogP contribution in [0.2, 0.25) is 0 Å². The largest absolute Gasteiger partial charge is 0.326 e. The van der Waals surface area contributed by atoms with Crippen LogP contribution in [0.25, 0.3) is 10.6 Å². The third kappa shape index (κ3) is 3.80. The lowest BCUT2D eigenvalue weighted by molar-refractivity contribution is -0.120. The molecule has 2 heterocycles. The number of benzene rings is 1. The lowest BCUT2D eigenvalue weighted by atomic mass is 9.90. The van der Waals surface area contributed by atoms with Crippen molar-refractivity contribution >= 4 is 28.7 Å². The molecule has 136 valence electrons. The zero-order valence-corrected chi connectivity index (χ0v) is 15.8. The van der Waals surface area contributed by atoms with E-state index in [0.29, 0.717) is 5.56 Å². The number of ketones is 1. The summed E-state index contributed by atoms with van der Waals surface area (Å²) in [6, 6.07) is 10.9. The van der Waals surface area contributed by atoms with Crippen molar-refractivity contribution in [2.24, 2.45) is 5.92 Å². The van der Waals surface area contributed by atoms with Crippen LogP contribution in [-0.4, -0.2) is 21.7 Å². The van der Waals surface area contributed by atoms with Gasteiger partial charge in [0.15, 0.2) is 5.78 Å². The van der Waals surface area contributed by atoms with Crippen molar-refractivity contribution in [3.63, 3.8) is 0 Å². The zero-order valence-electron chi connectivity index (χ0n) is 14.9. The number of fused-ring (bicyclic) bond motifs is 1.